The summed E-state index contributed by atoms with van der Waals surface area (Å²) < 4.78 is 7.82. The zero-order valence-corrected chi connectivity index (χ0v) is 14.8. The molecule has 0 aliphatic heterocycles. The lowest BCUT2D eigenvalue weighted by Crippen LogP contribution is -2.41. The van der Waals surface area contributed by atoms with E-state index in [2.05, 4.69) is 5.32 Å². The van der Waals surface area contributed by atoms with Gasteiger partial charge in [-0.3, -0.25) is 23.5 Å². The van der Waals surface area contributed by atoms with Gasteiger partial charge in [0.15, 0.2) is 0 Å². The predicted molar refractivity (Wildman–Crippen MR) is 103 cm³/mol. The summed E-state index contributed by atoms with van der Waals surface area (Å²) in [5.41, 5.74) is -0.443. The van der Waals surface area contributed by atoms with Crippen molar-refractivity contribution in [2.24, 2.45) is 0 Å². The van der Waals surface area contributed by atoms with Gasteiger partial charge in [0.2, 0.25) is 5.91 Å². The van der Waals surface area contributed by atoms with E-state index in [0.717, 1.165) is 4.57 Å². The highest BCUT2D eigenvalue weighted by molar-refractivity contribution is 5.90. The lowest BCUT2D eigenvalue weighted by molar-refractivity contribution is -0.116. The quantitative estimate of drug-likeness (QED) is 0.678. The fourth-order valence-electron chi connectivity index (χ4n) is 2.63. The fraction of sp³-hybridized carbons (Fsp3) is 0.150. The van der Waals surface area contributed by atoms with E-state index in [1.807, 2.05) is 13.0 Å². The second kappa shape index (κ2) is 8.18. The summed E-state index contributed by atoms with van der Waals surface area (Å²) in [7, 11) is 0. The first kappa shape index (κ1) is 18.2. The van der Waals surface area contributed by atoms with Gasteiger partial charge in [-0.05, 0) is 31.2 Å². The molecule has 2 aromatic carbocycles. The SMILES string of the molecule is CCOc1ccccc1-n1ccn(CC(=O)Nc2ccccc2)c(=O)c1=O. The maximum absolute atomic E-state index is 12.5. The zero-order valence-electron chi connectivity index (χ0n) is 14.8. The van der Waals surface area contributed by atoms with Gasteiger partial charge in [-0.2, -0.15) is 0 Å². The van der Waals surface area contributed by atoms with E-state index in [-0.39, 0.29) is 6.54 Å². The van der Waals surface area contributed by atoms with Gasteiger partial charge in [0, 0.05) is 18.1 Å². The second-order valence-corrected chi connectivity index (χ2v) is 5.72. The number of ether oxygens (including phenoxy) is 1. The summed E-state index contributed by atoms with van der Waals surface area (Å²) in [6, 6.07) is 15.9. The standard InChI is InChI=1S/C20H19N3O4/c1-2-27-17-11-7-6-10-16(17)23-13-12-22(19(25)20(23)26)14-18(24)21-15-8-4-3-5-9-15/h3-13H,2,14H2,1H3,(H,21,24). The van der Waals surface area contributed by atoms with Crippen LogP contribution >= 0.6 is 0 Å². The molecule has 7 heteroatoms. The van der Waals surface area contributed by atoms with Gasteiger partial charge in [-0.25, -0.2) is 0 Å². The molecule has 0 aliphatic carbocycles. The molecule has 0 saturated carbocycles. The summed E-state index contributed by atoms with van der Waals surface area (Å²) >= 11 is 0. The largest absolute Gasteiger partial charge is 0.492 e. The van der Waals surface area contributed by atoms with Gasteiger partial charge in [0.25, 0.3) is 0 Å². The lowest BCUT2D eigenvalue weighted by Gasteiger charge is -2.13. The summed E-state index contributed by atoms with van der Waals surface area (Å²) in [6.45, 7) is 2.02. The smallest absolute Gasteiger partial charge is 0.321 e. The Morgan fingerprint density at radius 2 is 1.67 bits per heavy atom. The minimum Gasteiger partial charge on any atom is -0.492 e. The van der Waals surface area contributed by atoms with Crippen LogP contribution in [-0.4, -0.2) is 21.6 Å². The average Bonchev–Trinajstić information content (AvgIpc) is 2.67. The summed E-state index contributed by atoms with van der Waals surface area (Å²) in [6.07, 6.45) is 2.87. The highest BCUT2D eigenvalue weighted by Crippen LogP contribution is 2.20. The molecule has 138 valence electrons. The maximum Gasteiger partial charge on any atom is 0.321 e. The van der Waals surface area contributed by atoms with Crippen molar-refractivity contribution in [2.75, 3.05) is 11.9 Å². The van der Waals surface area contributed by atoms with E-state index in [4.69, 9.17) is 4.74 Å². The van der Waals surface area contributed by atoms with Crippen molar-refractivity contribution >= 4 is 11.6 Å². The maximum atomic E-state index is 12.5. The van der Waals surface area contributed by atoms with Crippen LogP contribution in [0, 0.1) is 0 Å². The number of para-hydroxylation sites is 3. The Balaban J connectivity index is 1.87. The molecule has 1 heterocycles. The molecule has 0 unspecified atom stereocenters. The van der Waals surface area contributed by atoms with Crippen molar-refractivity contribution in [2.45, 2.75) is 13.5 Å². The zero-order chi connectivity index (χ0) is 19.2. The number of hydrogen-bond donors (Lipinski definition) is 1. The Labute approximate surface area is 155 Å². The number of benzene rings is 2. The highest BCUT2D eigenvalue weighted by atomic mass is 16.5. The third-order valence-electron chi connectivity index (χ3n) is 3.85. The summed E-state index contributed by atoms with van der Waals surface area (Å²) in [4.78, 5) is 37.1. The normalized spacial score (nSPS) is 10.4. The molecular weight excluding hydrogens is 346 g/mol. The van der Waals surface area contributed by atoms with Crippen LogP contribution in [0.3, 0.4) is 0 Å². The van der Waals surface area contributed by atoms with Gasteiger partial charge in [-0.15, -0.1) is 0 Å². The number of rotatable bonds is 6. The first-order chi connectivity index (χ1) is 13.1. The van der Waals surface area contributed by atoms with Crippen LogP contribution in [0.5, 0.6) is 5.75 Å². The van der Waals surface area contributed by atoms with E-state index in [1.54, 1.807) is 48.5 Å². The van der Waals surface area contributed by atoms with Crippen molar-refractivity contribution in [1.82, 2.24) is 9.13 Å². The van der Waals surface area contributed by atoms with Crippen molar-refractivity contribution in [3.63, 3.8) is 0 Å². The van der Waals surface area contributed by atoms with Gasteiger partial charge in [-0.1, -0.05) is 30.3 Å². The number of nitrogens with one attached hydrogen (secondary N) is 1. The van der Waals surface area contributed by atoms with Crippen molar-refractivity contribution in [1.29, 1.82) is 0 Å². The number of hydrogen-bond acceptors (Lipinski definition) is 4. The first-order valence-electron chi connectivity index (χ1n) is 8.49. The van der Waals surface area contributed by atoms with Gasteiger partial charge in [0.05, 0.1) is 12.3 Å². The topological polar surface area (TPSA) is 82.3 Å². The van der Waals surface area contributed by atoms with Gasteiger partial charge < -0.3 is 10.1 Å². The number of carbonyl (C=O) groups excluding carboxylic acids is 1. The highest BCUT2D eigenvalue weighted by Gasteiger charge is 2.12. The third kappa shape index (κ3) is 4.14. The Morgan fingerprint density at radius 1 is 0.963 bits per heavy atom. The summed E-state index contributed by atoms with van der Waals surface area (Å²) in [5.74, 6) is 0.108. The number of nitrogens with zero attached hydrogens (tertiary/aromatic N) is 2. The minimum absolute atomic E-state index is 0.253. The molecule has 0 spiro atoms. The van der Waals surface area contributed by atoms with E-state index in [1.165, 1.54) is 17.0 Å². The molecule has 0 aliphatic rings. The Kier molecular flexibility index (Phi) is 5.51. The monoisotopic (exact) mass is 365 g/mol. The van der Waals surface area contributed by atoms with Gasteiger partial charge in [0.1, 0.15) is 12.3 Å². The Bertz CT molecular complexity index is 1050. The van der Waals surface area contributed by atoms with Crippen molar-refractivity contribution in [3.05, 3.63) is 87.7 Å². The predicted octanol–water partition coefficient (Wildman–Crippen LogP) is 2.04. The number of anilines is 1. The molecule has 1 N–H and O–H groups in total. The molecule has 0 bridgehead atoms. The molecule has 3 aromatic rings. The third-order valence-corrected chi connectivity index (χ3v) is 3.85. The molecular formula is C20H19N3O4. The number of aromatic nitrogens is 2. The minimum atomic E-state index is -0.785. The Morgan fingerprint density at radius 3 is 2.41 bits per heavy atom. The molecule has 0 saturated heterocycles. The van der Waals surface area contributed by atoms with Crippen LogP contribution in [0.15, 0.2) is 76.6 Å². The van der Waals surface area contributed by atoms with Crippen LogP contribution in [-0.2, 0) is 11.3 Å². The number of carbonyl (C=O) groups is 1. The Hall–Kier alpha value is -3.61. The number of amides is 1. The van der Waals surface area contributed by atoms with E-state index < -0.39 is 17.0 Å². The molecule has 7 nitrogen and oxygen atoms in total. The molecule has 27 heavy (non-hydrogen) atoms. The molecule has 0 radical (unpaired) electrons. The van der Waals surface area contributed by atoms with E-state index in [9.17, 15) is 14.4 Å². The molecule has 1 amide bonds. The van der Waals surface area contributed by atoms with E-state index in [0.29, 0.717) is 23.7 Å². The lowest BCUT2D eigenvalue weighted by atomic mass is 10.3. The van der Waals surface area contributed by atoms with Crippen LogP contribution < -0.4 is 21.2 Å². The fourth-order valence-corrected chi connectivity index (χ4v) is 2.63. The second-order valence-electron chi connectivity index (χ2n) is 5.72. The first-order valence-corrected chi connectivity index (χ1v) is 8.49. The van der Waals surface area contributed by atoms with E-state index >= 15 is 0 Å². The van der Waals surface area contributed by atoms with Crippen LogP contribution in [0.1, 0.15) is 6.92 Å². The van der Waals surface area contributed by atoms with Crippen LogP contribution in [0.25, 0.3) is 5.69 Å². The van der Waals surface area contributed by atoms with Crippen molar-refractivity contribution < 1.29 is 9.53 Å². The van der Waals surface area contributed by atoms with Crippen LogP contribution in [0.2, 0.25) is 0 Å². The average molecular weight is 365 g/mol. The molecule has 0 atom stereocenters. The molecule has 0 fully saturated rings. The molecule has 1 aromatic heterocycles. The van der Waals surface area contributed by atoms with Crippen molar-refractivity contribution in [3.8, 4) is 11.4 Å². The van der Waals surface area contributed by atoms with Crippen LogP contribution in [0.4, 0.5) is 5.69 Å². The van der Waals surface area contributed by atoms with Gasteiger partial charge >= 0.3 is 11.1 Å². The molecule has 3 rings (SSSR count). The summed E-state index contributed by atoms with van der Waals surface area (Å²) in [5, 5.41) is 2.68.